The monoisotopic (exact) mass is 381 g/mol. The zero-order valence-corrected chi connectivity index (χ0v) is 18.0. The molecule has 0 aliphatic heterocycles. The van der Waals surface area contributed by atoms with Gasteiger partial charge in [0.05, 0.1) is 7.11 Å². The SMILES string of the molecule is CCN(CC)CCNCc1ccc(OCC(O)CN(C)C(C)C)c(OC)c1. The van der Waals surface area contributed by atoms with Gasteiger partial charge in [-0.05, 0) is 51.7 Å². The topological polar surface area (TPSA) is 57.2 Å². The highest BCUT2D eigenvalue weighted by Gasteiger charge is 2.13. The molecular formula is C21H39N3O3. The lowest BCUT2D eigenvalue weighted by atomic mass is 10.2. The van der Waals surface area contributed by atoms with Gasteiger partial charge in [0, 0.05) is 32.2 Å². The normalized spacial score (nSPS) is 12.8. The lowest BCUT2D eigenvalue weighted by Crippen LogP contribution is -2.36. The van der Waals surface area contributed by atoms with Crippen molar-refractivity contribution in [3.05, 3.63) is 23.8 Å². The molecule has 6 nitrogen and oxygen atoms in total. The zero-order chi connectivity index (χ0) is 20.2. The van der Waals surface area contributed by atoms with Gasteiger partial charge in [-0.2, -0.15) is 0 Å². The second-order valence-corrected chi connectivity index (χ2v) is 7.19. The average molecular weight is 382 g/mol. The molecule has 0 radical (unpaired) electrons. The van der Waals surface area contributed by atoms with Crippen LogP contribution in [0.15, 0.2) is 18.2 Å². The maximum atomic E-state index is 10.2. The first-order valence-electron chi connectivity index (χ1n) is 10.0. The molecule has 1 aromatic carbocycles. The van der Waals surface area contributed by atoms with E-state index < -0.39 is 6.10 Å². The minimum atomic E-state index is -0.538. The standard InChI is InChI=1S/C21H39N3O3/c1-7-24(8-2)12-11-22-14-18-9-10-20(21(13-18)26-6)27-16-19(25)15-23(5)17(3)4/h9-10,13,17,19,22,25H,7-8,11-12,14-16H2,1-6H3. The Balaban J connectivity index is 2.49. The van der Waals surface area contributed by atoms with E-state index in [-0.39, 0.29) is 6.61 Å². The molecule has 0 aromatic heterocycles. The van der Waals surface area contributed by atoms with Crippen LogP contribution in [0, 0.1) is 0 Å². The molecule has 156 valence electrons. The number of methoxy groups -OCH3 is 1. The van der Waals surface area contributed by atoms with Crippen molar-refractivity contribution < 1.29 is 14.6 Å². The lowest BCUT2D eigenvalue weighted by molar-refractivity contribution is 0.0668. The Bertz CT molecular complexity index is 521. The van der Waals surface area contributed by atoms with Crippen molar-refractivity contribution >= 4 is 0 Å². The molecule has 0 fully saturated rings. The Kier molecular flexibility index (Phi) is 11.4. The van der Waals surface area contributed by atoms with E-state index in [1.165, 1.54) is 0 Å². The maximum absolute atomic E-state index is 10.2. The van der Waals surface area contributed by atoms with Crippen LogP contribution in [0.2, 0.25) is 0 Å². The molecule has 27 heavy (non-hydrogen) atoms. The summed E-state index contributed by atoms with van der Waals surface area (Å²) < 4.78 is 11.2. The number of ether oxygens (including phenoxy) is 2. The van der Waals surface area contributed by atoms with Gasteiger partial charge in [0.25, 0.3) is 0 Å². The minimum absolute atomic E-state index is 0.245. The number of likely N-dealkylation sites (N-methyl/N-ethyl adjacent to an activating group) is 2. The second kappa shape index (κ2) is 12.9. The molecule has 0 saturated heterocycles. The van der Waals surface area contributed by atoms with Gasteiger partial charge in [0.2, 0.25) is 0 Å². The molecule has 0 spiro atoms. The summed E-state index contributed by atoms with van der Waals surface area (Å²) in [6.07, 6.45) is -0.538. The van der Waals surface area contributed by atoms with Gasteiger partial charge < -0.3 is 29.7 Å². The van der Waals surface area contributed by atoms with Crippen LogP contribution in [0.5, 0.6) is 11.5 Å². The van der Waals surface area contributed by atoms with Crippen molar-refractivity contribution in [2.24, 2.45) is 0 Å². The number of aliphatic hydroxyl groups is 1. The predicted octanol–water partition coefficient (Wildman–Crippen LogP) is 2.21. The number of nitrogens with zero attached hydrogens (tertiary/aromatic N) is 2. The highest BCUT2D eigenvalue weighted by molar-refractivity contribution is 5.43. The molecule has 0 aliphatic rings. The van der Waals surface area contributed by atoms with Gasteiger partial charge in [0.1, 0.15) is 12.7 Å². The molecule has 6 heteroatoms. The van der Waals surface area contributed by atoms with E-state index in [1.54, 1.807) is 7.11 Å². The lowest BCUT2D eigenvalue weighted by Gasteiger charge is -2.24. The molecule has 0 bridgehead atoms. The van der Waals surface area contributed by atoms with Gasteiger partial charge in [-0.1, -0.05) is 19.9 Å². The molecule has 1 aromatic rings. The van der Waals surface area contributed by atoms with Crippen molar-refractivity contribution in [2.75, 3.05) is 53.5 Å². The van der Waals surface area contributed by atoms with Crippen LogP contribution >= 0.6 is 0 Å². The van der Waals surface area contributed by atoms with Gasteiger partial charge in [-0.25, -0.2) is 0 Å². The molecule has 1 rings (SSSR count). The third kappa shape index (κ3) is 8.93. The average Bonchev–Trinajstić information content (AvgIpc) is 2.66. The molecule has 0 amide bonds. The van der Waals surface area contributed by atoms with E-state index in [9.17, 15) is 5.11 Å². The highest BCUT2D eigenvalue weighted by Crippen LogP contribution is 2.28. The summed E-state index contributed by atoms with van der Waals surface area (Å²) in [5.41, 5.74) is 1.15. The van der Waals surface area contributed by atoms with E-state index in [2.05, 4.69) is 42.8 Å². The summed E-state index contributed by atoms with van der Waals surface area (Å²) in [5, 5.41) is 13.6. The molecule has 0 saturated carbocycles. The number of nitrogens with one attached hydrogen (secondary N) is 1. The maximum Gasteiger partial charge on any atom is 0.161 e. The number of benzene rings is 1. The Morgan fingerprint density at radius 2 is 1.85 bits per heavy atom. The van der Waals surface area contributed by atoms with Crippen molar-refractivity contribution in [3.63, 3.8) is 0 Å². The fourth-order valence-corrected chi connectivity index (χ4v) is 2.73. The van der Waals surface area contributed by atoms with E-state index in [4.69, 9.17) is 9.47 Å². The molecular weight excluding hydrogens is 342 g/mol. The Hall–Kier alpha value is -1.34. The van der Waals surface area contributed by atoms with E-state index in [0.29, 0.717) is 24.1 Å². The number of aliphatic hydroxyl groups excluding tert-OH is 1. The van der Waals surface area contributed by atoms with Crippen LogP contribution in [-0.2, 0) is 6.54 Å². The van der Waals surface area contributed by atoms with Crippen LogP contribution in [0.4, 0.5) is 0 Å². The van der Waals surface area contributed by atoms with Gasteiger partial charge in [-0.3, -0.25) is 0 Å². The largest absolute Gasteiger partial charge is 0.493 e. The summed E-state index contributed by atoms with van der Waals surface area (Å²) in [6, 6.07) is 6.34. The fourth-order valence-electron chi connectivity index (χ4n) is 2.73. The minimum Gasteiger partial charge on any atom is -0.493 e. The van der Waals surface area contributed by atoms with Crippen LogP contribution in [0.3, 0.4) is 0 Å². The third-order valence-corrected chi connectivity index (χ3v) is 4.87. The smallest absolute Gasteiger partial charge is 0.161 e. The van der Waals surface area contributed by atoms with Crippen LogP contribution in [0.25, 0.3) is 0 Å². The van der Waals surface area contributed by atoms with Crippen molar-refractivity contribution in [1.29, 1.82) is 0 Å². The molecule has 0 heterocycles. The van der Waals surface area contributed by atoms with Crippen molar-refractivity contribution in [3.8, 4) is 11.5 Å². The van der Waals surface area contributed by atoms with Gasteiger partial charge >= 0.3 is 0 Å². The van der Waals surface area contributed by atoms with Crippen molar-refractivity contribution in [1.82, 2.24) is 15.1 Å². The summed E-state index contributed by atoms with van der Waals surface area (Å²) >= 11 is 0. The van der Waals surface area contributed by atoms with Gasteiger partial charge in [0.15, 0.2) is 11.5 Å². The Morgan fingerprint density at radius 3 is 2.44 bits per heavy atom. The summed E-state index contributed by atoms with van der Waals surface area (Å²) in [4.78, 5) is 4.49. The second-order valence-electron chi connectivity index (χ2n) is 7.19. The number of hydrogen-bond donors (Lipinski definition) is 2. The highest BCUT2D eigenvalue weighted by atomic mass is 16.5. The third-order valence-electron chi connectivity index (χ3n) is 4.87. The molecule has 0 aliphatic carbocycles. The first kappa shape index (κ1) is 23.7. The summed E-state index contributed by atoms with van der Waals surface area (Å²) in [7, 11) is 3.64. The molecule has 1 atom stereocenters. The van der Waals surface area contributed by atoms with Crippen LogP contribution in [-0.4, -0.2) is 80.5 Å². The predicted molar refractivity (Wildman–Crippen MR) is 112 cm³/mol. The van der Waals surface area contributed by atoms with E-state index in [1.807, 2.05) is 25.2 Å². The van der Waals surface area contributed by atoms with Crippen LogP contribution < -0.4 is 14.8 Å². The Labute approximate surface area is 165 Å². The number of rotatable bonds is 14. The van der Waals surface area contributed by atoms with E-state index >= 15 is 0 Å². The van der Waals surface area contributed by atoms with E-state index in [0.717, 1.165) is 38.3 Å². The molecule has 2 N–H and O–H groups in total. The van der Waals surface area contributed by atoms with Gasteiger partial charge in [-0.15, -0.1) is 0 Å². The quantitative estimate of drug-likeness (QED) is 0.482. The first-order valence-corrected chi connectivity index (χ1v) is 10.0. The summed E-state index contributed by atoms with van der Waals surface area (Å²) in [5.74, 6) is 1.36. The Morgan fingerprint density at radius 1 is 1.15 bits per heavy atom. The fraction of sp³-hybridized carbons (Fsp3) is 0.714. The first-order chi connectivity index (χ1) is 12.9. The number of hydrogen-bond acceptors (Lipinski definition) is 6. The van der Waals surface area contributed by atoms with Crippen LogP contribution in [0.1, 0.15) is 33.3 Å². The summed E-state index contributed by atoms with van der Waals surface area (Å²) in [6.45, 7) is 14.4. The van der Waals surface area contributed by atoms with Crippen molar-refractivity contribution in [2.45, 2.75) is 46.4 Å². The zero-order valence-electron chi connectivity index (χ0n) is 18.0. The molecule has 1 unspecified atom stereocenters.